The second-order valence-corrected chi connectivity index (χ2v) is 4.92. The third-order valence-corrected chi connectivity index (χ3v) is 2.70. The average Bonchev–Trinajstić information content (AvgIpc) is 2.33. The summed E-state index contributed by atoms with van der Waals surface area (Å²) in [7, 11) is 0. The Balaban J connectivity index is 2.44. The number of nitrogens with zero attached hydrogens (tertiary/aromatic N) is 1. The molecule has 1 N–H and O–H groups in total. The van der Waals surface area contributed by atoms with Crippen molar-refractivity contribution in [2.45, 2.75) is 39.2 Å². The van der Waals surface area contributed by atoms with Crippen molar-refractivity contribution in [3.8, 4) is 0 Å². The number of oxime groups is 1. The van der Waals surface area contributed by atoms with Crippen molar-refractivity contribution in [2.75, 3.05) is 0 Å². The number of benzene rings is 1. The van der Waals surface area contributed by atoms with Gasteiger partial charge in [-0.05, 0) is 44.4 Å². The maximum absolute atomic E-state index is 11.5. The molecular weight excluding hydrogens is 266 g/mol. The molecule has 0 bridgehead atoms. The predicted octanol–water partition coefficient (Wildman–Crippen LogP) is 3.44. The Morgan fingerprint density at radius 2 is 2.21 bits per heavy atom. The van der Waals surface area contributed by atoms with E-state index in [4.69, 9.17) is 21.5 Å². The van der Waals surface area contributed by atoms with Crippen LogP contribution in [0.1, 0.15) is 32.3 Å². The highest BCUT2D eigenvalue weighted by Crippen LogP contribution is 2.13. The molecule has 4 nitrogen and oxygen atoms in total. The molecule has 0 saturated carbocycles. The maximum Gasteiger partial charge on any atom is 0.356 e. The minimum atomic E-state index is -0.566. The highest BCUT2D eigenvalue weighted by Gasteiger charge is 2.15. The van der Waals surface area contributed by atoms with Crippen LogP contribution in [0.5, 0.6) is 0 Å². The van der Waals surface area contributed by atoms with Crippen molar-refractivity contribution in [1.29, 1.82) is 0 Å². The first kappa shape index (κ1) is 15.5. The highest BCUT2D eigenvalue weighted by molar-refractivity contribution is 6.36. The lowest BCUT2D eigenvalue weighted by Crippen LogP contribution is -2.21. The van der Waals surface area contributed by atoms with Gasteiger partial charge in [-0.25, -0.2) is 4.79 Å². The van der Waals surface area contributed by atoms with Gasteiger partial charge < -0.3 is 9.94 Å². The average molecular weight is 284 g/mol. The molecule has 1 aromatic carbocycles. The van der Waals surface area contributed by atoms with Gasteiger partial charge in [0.1, 0.15) is 0 Å². The lowest BCUT2D eigenvalue weighted by atomic mass is 10.1. The van der Waals surface area contributed by atoms with Crippen LogP contribution in [0.25, 0.3) is 0 Å². The molecule has 0 saturated heterocycles. The second-order valence-electron chi connectivity index (χ2n) is 4.48. The third kappa shape index (κ3) is 5.75. The summed E-state index contributed by atoms with van der Waals surface area (Å²) in [5.41, 5.74) is 1.14. The van der Waals surface area contributed by atoms with Crippen LogP contribution in [-0.2, 0) is 16.0 Å². The van der Waals surface area contributed by atoms with E-state index in [2.05, 4.69) is 5.16 Å². The summed E-state index contributed by atoms with van der Waals surface area (Å²) in [6, 6.07) is 7.54. The molecule has 1 rings (SSSR count). The lowest BCUT2D eigenvalue weighted by molar-refractivity contribution is -0.139. The molecule has 0 aliphatic carbocycles. The smallest absolute Gasteiger partial charge is 0.356 e. The van der Waals surface area contributed by atoms with E-state index in [1.54, 1.807) is 13.8 Å². The van der Waals surface area contributed by atoms with E-state index in [9.17, 15) is 4.79 Å². The molecule has 0 amide bonds. The van der Waals surface area contributed by atoms with Crippen LogP contribution in [0.3, 0.4) is 0 Å². The largest absolute Gasteiger partial charge is 0.458 e. The zero-order valence-electron chi connectivity index (χ0n) is 11.1. The van der Waals surface area contributed by atoms with Gasteiger partial charge in [-0.2, -0.15) is 0 Å². The monoisotopic (exact) mass is 283 g/mol. The molecule has 0 unspecified atom stereocenters. The molecule has 0 atom stereocenters. The van der Waals surface area contributed by atoms with Crippen LogP contribution < -0.4 is 0 Å². The van der Waals surface area contributed by atoms with Gasteiger partial charge in [-0.1, -0.05) is 28.9 Å². The van der Waals surface area contributed by atoms with Gasteiger partial charge in [0.05, 0.1) is 6.10 Å². The van der Waals surface area contributed by atoms with E-state index in [-0.39, 0.29) is 11.8 Å². The first-order chi connectivity index (χ1) is 9.02. The number of rotatable bonds is 6. The normalized spacial score (nSPS) is 11.7. The Labute approximate surface area is 118 Å². The SMILES string of the molecule is CC(C)OC(=O)/C(CCCc1cccc(Cl)c1)=N\O. The van der Waals surface area contributed by atoms with Crippen molar-refractivity contribution in [3.05, 3.63) is 34.9 Å². The Bertz CT molecular complexity index is 458. The quantitative estimate of drug-likeness (QED) is 0.376. The van der Waals surface area contributed by atoms with Crippen molar-refractivity contribution in [3.63, 3.8) is 0 Å². The lowest BCUT2D eigenvalue weighted by Gasteiger charge is -2.08. The van der Waals surface area contributed by atoms with Crippen LogP contribution in [0.15, 0.2) is 29.4 Å². The molecular formula is C14H18ClNO3. The van der Waals surface area contributed by atoms with Crippen LogP contribution in [0, 0.1) is 0 Å². The number of hydrogen-bond donors (Lipinski definition) is 1. The fourth-order valence-corrected chi connectivity index (χ4v) is 1.84. The minimum absolute atomic E-state index is 0.0516. The van der Waals surface area contributed by atoms with Crippen LogP contribution >= 0.6 is 11.6 Å². The van der Waals surface area contributed by atoms with Crippen molar-refractivity contribution in [1.82, 2.24) is 0 Å². The number of halogens is 1. The third-order valence-electron chi connectivity index (χ3n) is 2.47. The van der Waals surface area contributed by atoms with Gasteiger partial charge in [0, 0.05) is 11.4 Å². The van der Waals surface area contributed by atoms with Gasteiger partial charge >= 0.3 is 5.97 Å². The molecule has 19 heavy (non-hydrogen) atoms. The van der Waals surface area contributed by atoms with Crippen molar-refractivity contribution < 1.29 is 14.7 Å². The summed E-state index contributed by atoms with van der Waals surface area (Å²) in [5.74, 6) is -0.566. The standard InChI is InChI=1S/C14H18ClNO3/c1-10(2)19-14(17)13(16-18)8-4-6-11-5-3-7-12(15)9-11/h3,5,7,9-10,18H,4,6,8H2,1-2H3/b16-13-. The molecule has 0 aliphatic heterocycles. The number of carbonyl (C=O) groups is 1. The minimum Gasteiger partial charge on any atom is -0.458 e. The second kappa shape index (κ2) is 7.79. The fraction of sp³-hybridized carbons (Fsp3) is 0.429. The van der Waals surface area contributed by atoms with E-state index < -0.39 is 5.97 Å². The predicted molar refractivity (Wildman–Crippen MR) is 74.8 cm³/mol. The molecule has 0 spiro atoms. The molecule has 0 radical (unpaired) electrons. The van der Waals surface area contributed by atoms with Gasteiger partial charge in [0.15, 0.2) is 5.71 Å². The first-order valence-corrected chi connectivity index (χ1v) is 6.57. The zero-order chi connectivity index (χ0) is 14.3. The topological polar surface area (TPSA) is 58.9 Å². The number of aryl methyl sites for hydroxylation is 1. The Kier molecular flexibility index (Phi) is 6.36. The summed E-state index contributed by atoms with van der Waals surface area (Å²) in [6.07, 6.45) is 1.59. The molecule has 0 heterocycles. The molecule has 0 aliphatic rings. The fourth-order valence-electron chi connectivity index (χ4n) is 1.63. The molecule has 1 aromatic rings. The molecule has 0 fully saturated rings. The number of esters is 1. The van der Waals surface area contributed by atoms with E-state index >= 15 is 0 Å². The van der Waals surface area contributed by atoms with Gasteiger partial charge in [-0.15, -0.1) is 0 Å². The van der Waals surface area contributed by atoms with Gasteiger partial charge in [0.25, 0.3) is 0 Å². The summed E-state index contributed by atoms with van der Waals surface area (Å²) in [4.78, 5) is 11.5. The maximum atomic E-state index is 11.5. The molecule has 5 heteroatoms. The highest BCUT2D eigenvalue weighted by atomic mass is 35.5. The summed E-state index contributed by atoms with van der Waals surface area (Å²) >= 11 is 5.88. The van der Waals surface area contributed by atoms with E-state index in [0.29, 0.717) is 17.9 Å². The van der Waals surface area contributed by atoms with Crippen LogP contribution in [0.4, 0.5) is 0 Å². The summed E-state index contributed by atoms with van der Waals surface area (Å²) < 4.78 is 4.97. The zero-order valence-corrected chi connectivity index (χ0v) is 11.9. The van der Waals surface area contributed by atoms with Gasteiger partial charge in [0.2, 0.25) is 0 Å². The van der Waals surface area contributed by atoms with E-state index in [1.807, 2.05) is 24.3 Å². The number of carbonyl (C=O) groups excluding carboxylic acids is 1. The first-order valence-electron chi connectivity index (χ1n) is 6.19. The molecule has 104 valence electrons. The van der Waals surface area contributed by atoms with E-state index in [1.165, 1.54) is 0 Å². The summed E-state index contributed by atoms with van der Waals surface area (Å²) in [5, 5.41) is 12.5. The summed E-state index contributed by atoms with van der Waals surface area (Å²) in [6.45, 7) is 3.50. The molecule has 0 aromatic heterocycles. The van der Waals surface area contributed by atoms with E-state index in [0.717, 1.165) is 12.0 Å². The Morgan fingerprint density at radius 1 is 1.47 bits per heavy atom. The number of hydrogen-bond acceptors (Lipinski definition) is 4. The van der Waals surface area contributed by atoms with Gasteiger partial charge in [-0.3, -0.25) is 0 Å². The van der Waals surface area contributed by atoms with Crippen molar-refractivity contribution in [2.24, 2.45) is 5.16 Å². The van der Waals surface area contributed by atoms with Crippen LogP contribution in [0.2, 0.25) is 5.02 Å². The van der Waals surface area contributed by atoms with Crippen LogP contribution in [-0.4, -0.2) is 23.0 Å². The van der Waals surface area contributed by atoms with Crippen molar-refractivity contribution >= 4 is 23.3 Å². The number of ether oxygens (including phenoxy) is 1. The Hall–Kier alpha value is -1.55. The Morgan fingerprint density at radius 3 is 2.79 bits per heavy atom.